The van der Waals surface area contributed by atoms with Gasteiger partial charge in [-0.25, -0.2) is 0 Å². The summed E-state index contributed by atoms with van der Waals surface area (Å²) < 4.78 is 10.9. The average molecular weight is 566 g/mol. The van der Waals surface area contributed by atoms with Crippen LogP contribution in [0.25, 0.3) is 6.08 Å². The lowest BCUT2D eigenvalue weighted by Crippen LogP contribution is -2.36. The molecule has 0 aliphatic carbocycles. The highest BCUT2D eigenvalue weighted by molar-refractivity contribution is 8.18. The van der Waals surface area contributed by atoms with Gasteiger partial charge in [0.2, 0.25) is 5.91 Å². The summed E-state index contributed by atoms with van der Waals surface area (Å²) in [6.07, 6.45) is 1.51. The molecule has 0 aromatic heterocycles. The van der Waals surface area contributed by atoms with Gasteiger partial charge >= 0.3 is 0 Å². The van der Waals surface area contributed by atoms with E-state index in [2.05, 4.69) is 10.6 Å². The lowest BCUT2D eigenvalue weighted by molar-refractivity contribution is -0.127. The highest BCUT2D eigenvalue weighted by atomic mass is 35.5. The minimum absolute atomic E-state index is 0.154. The molecule has 0 spiro atoms. The first-order valence-corrected chi connectivity index (χ1v) is 13.1. The molecule has 9 nitrogen and oxygen atoms in total. The van der Waals surface area contributed by atoms with Gasteiger partial charge in [0.15, 0.2) is 6.61 Å². The predicted octanol–water partition coefficient (Wildman–Crippen LogP) is 5.43. The van der Waals surface area contributed by atoms with Crippen LogP contribution in [0.3, 0.4) is 0 Å². The molecule has 1 fully saturated rings. The van der Waals surface area contributed by atoms with Crippen molar-refractivity contribution in [1.29, 1.82) is 0 Å². The minimum Gasteiger partial charge on any atom is -0.494 e. The molecule has 200 valence electrons. The second-order valence-corrected chi connectivity index (χ2v) is 9.57. The first-order chi connectivity index (χ1) is 18.8. The first-order valence-electron chi connectivity index (χ1n) is 11.9. The Morgan fingerprint density at radius 1 is 0.923 bits per heavy atom. The van der Waals surface area contributed by atoms with E-state index in [1.165, 1.54) is 6.08 Å². The molecular weight excluding hydrogens is 542 g/mol. The van der Waals surface area contributed by atoms with E-state index >= 15 is 0 Å². The Balaban J connectivity index is 1.33. The van der Waals surface area contributed by atoms with Gasteiger partial charge in [-0.05, 0) is 78.9 Å². The van der Waals surface area contributed by atoms with Crippen LogP contribution in [0, 0.1) is 0 Å². The molecule has 1 aliphatic heterocycles. The van der Waals surface area contributed by atoms with Crippen LogP contribution in [0.5, 0.6) is 11.5 Å². The van der Waals surface area contributed by atoms with Gasteiger partial charge in [0.25, 0.3) is 17.1 Å². The van der Waals surface area contributed by atoms with Crippen molar-refractivity contribution >= 4 is 63.8 Å². The fourth-order valence-electron chi connectivity index (χ4n) is 3.52. The molecule has 2 N–H and O–H groups in total. The number of nitrogens with one attached hydrogen (secondary N) is 2. The number of benzene rings is 3. The monoisotopic (exact) mass is 565 g/mol. The maximum Gasteiger partial charge on any atom is 0.294 e. The number of amides is 4. The number of hydrogen-bond acceptors (Lipinski definition) is 7. The summed E-state index contributed by atoms with van der Waals surface area (Å²) in [7, 11) is 0. The molecule has 3 aromatic carbocycles. The van der Waals surface area contributed by atoms with Crippen LogP contribution in [0.1, 0.15) is 12.5 Å². The molecule has 0 radical (unpaired) electrons. The Hall–Kier alpha value is -4.28. The van der Waals surface area contributed by atoms with E-state index in [4.69, 9.17) is 21.1 Å². The molecule has 4 amide bonds. The number of carbonyl (C=O) groups is 4. The maximum absolute atomic E-state index is 12.8. The van der Waals surface area contributed by atoms with Crippen molar-refractivity contribution in [3.63, 3.8) is 0 Å². The number of carbonyl (C=O) groups excluding carboxylic acids is 4. The van der Waals surface area contributed by atoms with Crippen LogP contribution in [-0.4, -0.2) is 47.6 Å². The number of para-hydroxylation sites is 1. The minimum atomic E-state index is -0.583. The summed E-state index contributed by atoms with van der Waals surface area (Å²) >= 11 is 7.04. The van der Waals surface area contributed by atoms with Gasteiger partial charge in [-0.3, -0.25) is 24.1 Å². The highest BCUT2D eigenvalue weighted by Crippen LogP contribution is 2.34. The summed E-state index contributed by atoms with van der Waals surface area (Å²) in [5.41, 5.74) is 1.71. The zero-order chi connectivity index (χ0) is 27.8. The third kappa shape index (κ3) is 7.62. The second-order valence-electron chi connectivity index (χ2n) is 8.17. The Labute approximate surface area is 234 Å². The van der Waals surface area contributed by atoms with E-state index in [1.54, 1.807) is 66.7 Å². The molecule has 0 saturated carbocycles. The largest absolute Gasteiger partial charge is 0.494 e. The third-order valence-electron chi connectivity index (χ3n) is 5.29. The molecule has 4 rings (SSSR count). The van der Waals surface area contributed by atoms with E-state index in [9.17, 15) is 19.2 Å². The second kappa shape index (κ2) is 13.0. The number of imide groups is 1. The average Bonchev–Trinajstić information content (AvgIpc) is 3.17. The van der Waals surface area contributed by atoms with Crippen LogP contribution in [0.15, 0.2) is 77.7 Å². The maximum atomic E-state index is 12.8. The molecule has 11 heteroatoms. The molecule has 1 aliphatic rings. The van der Waals surface area contributed by atoms with Crippen molar-refractivity contribution in [2.24, 2.45) is 0 Å². The van der Waals surface area contributed by atoms with Crippen LogP contribution in [0.2, 0.25) is 5.02 Å². The van der Waals surface area contributed by atoms with Gasteiger partial charge in [0, 0.05) is 11.4 Å². The van der Waals surface area contributed by atoms with Crippen LogP contribution in [0.4, 0.5) is 16.2 Å². The van der Waals surface area contributed by atoms with Crippen molar-refractivity contribution in [2.75, 3.05) is 30.4 Å². The Morgan fingerprint density at radius 3 is 2.31 bits per heavy atom. The number of nitrogens with zero attached hydrogens (tertiary/aromatic N) is 1. The normalized spacial score (nSPS) is 13.9. The van der Waals surface area contributed by atoms with E-state index in [0.29, 0.717) is 29.3 Å². The lowest BCUT2D eigenvalue weighted by Gasteiger charge is -2.13. The van der Waals surface area contributed by atoms with Crippen molar-refractivity contribution in [3.8, 4) is 11.5 Å². The van der Waals surface area contributed by atoms with Gasteiger partial charge < -0.3 is 20.1 Å². The fourth-order valence-corrected chi connectivity index (χ4v) is 4.60. The molecule has 0 bridgehead atoms. The van der Waals surface area contributed by atoms with Gasteiger partial charge in [-0.1, -0.05) is 35.9 Å². The lowest BCUT2D eigenvalue weighted by atomic mass is 10.2. The number of ether oxygens (including phenoxy) is 2. The Morgan fingerprint density at radius 2 is 1.62 bits per heavy atom. The summed E-state index contributed by atoms with van der Waals surface area (Å²) in [4.78, 5) is 50.9. The van der Waals surface area contributed by atoms with Crippen LogP contribution < -0.4 is 20.1 Å². The van der Waals surface area contributed by atoms with Crippen molar-refractivity contribution in [3.05, 3.63) is 88.3 Å². The van der Waals surface area contributed by atoms with E-state index in [1.807, 2.05) is 13.0 Å². The van der Waals surface area contributed by atoms with Crippen LogP contribution >= 0.6 is 23.4 Å². The van der Waals surface area contributed by atoms with E-state index in [-0.39, 0.29) is 28.2 Å². The molecular formula is C28H24ClN3O6S. The van der Waals surface area contributed by atoms with Crippen molar-refractivity contribution in [2.45, 2.75) is 6.92 Å². The number of thioether (sulfide) groups is 1. The summed E-state index contributed by atoms with van der Waals surface area (Å²) in [5, 5.41) is 5.05. The third-order valence-corrected chi connectivity index (χ3v) is 6.50. The standard InChI is InChI=1S/C28H24ClN3O6S/c1-2-37-21-11-9-20(10-12-21)30-25(33)16-32-27(35)24(39-28(32)36)15-18-8-13-23(22(29)14-18)38-17-26(34)31-19-6-4-3-5-7-19/h3-15H,2,16-17H2,1H3,(H,30,33)(H,31,34)/b24-15+. The Bertz CT molecular complexity index is 1410. The number of hydrogen-bond donors (Lipinski definition) is 2. The highest BCUT2D eigenvalue weighted by Gasteiger charge is 2.36. The SMILES string of the molecule is CCOc1ccc(NC(=O)CN2C(=O)S/C(=C/c3ccc(OCC(=O)Nc4ccccc4)c(Cl)c3)C2=O)cc1. The predicted molar refractivity (Wildman–Crippen MR) is 151 cm³/mol. The molecule has 1 heterocycles. The summed E-state index contributed by atoms with van der Waals surface area (Å²) in [6, 6.07) is 20.5. The number of anilines is 2. The molecule has 0 atom stereocenters. The smallest absolute Gasteiger partial charge is 0.294 e. The molecule has 1 saturated heterocycles. The number of rotatable bonds is 10. The summed E-state index contributed by atoms with van der Waals surface area (Å²) in [5.74, 6) is -0.484. The van der Waals surface area contributed by atoms with Crippen molar-refractivity contribution < 1.29 is 28.7 Å². The van der Waals surface area contributed by atoms with Gasteiger partial charge in [0.1, 0.15) is 18.0 Å². The van der Waals surface area contributed by atoms with Gasteiger partial charge in [-0.15, -0.1) is 0 Å². The van der Waals surface area contributed by atoms with Crippen molar-refractivity contribution in [1.82, 2.24) is 4.90 Å². The molecule has 0 unspecified atom stereocenters. The fraction of sp³-hybridized carbons (Fsp3) is 0.143. The van der Waals surface area contributed by atoms with Gasteiger partial charge in [-0.2, -0.15) is 0 Å². The molecule has 3 aromatic rings. The quantitative estimate of drug-likeness (QED) is 0.315. The van der Waals surface area contributed by atoms with Crippen LogP contribution in [-0.2, 0) is 14.4 Å². The first kappa shape index (κ1) is 27.7. The molecule has 39 heavy (non-hydrogen) atoms. The zero-order valence-electron chi connectivity index (χ0n) is 20.8. The Kier molecular flexibility index (Phi) is 9.24. The zero-order valence-corrected chi connectivity index (χ0v) is 22.4. The van der Waals surface area contributed by atoms with Gasteiger partial charge in [0.05, 0.1) is 16.5 Å². The number of halogens is 1. The van der Waals surface area contributed by atoms with E-state index < -0.39 is 23.6 Å². The topological polar surface area (TPSA) is 114 Å². The summed E-state index contributed by atoms with van der Waals surface area (Å²) in [6.45, 7) is 1.73. The van der Waals surface area contributed by atoms with E-state index in [0.717, 1.165) is 16.7 Å².